The van der Waals surface area contributed by atoms with E-state index in [-0.39, 0.29) is 0 Å². The average molecular weight is 316 g/mol. The molecule has 22 heavy (non-hydrogen) atoms. The molecule has 0 unspecified atom stereocenters. The minimum absolute atomic E-state index is 0.703. The van der Waals surface area contributed by atoms with Crippen molar-refractivity contribution in [1.29, 1.82) is 0 Å². The molecule has 1 heterocycles. The van der Waals surface area contributed by atoms with Gasteiger partial charge in [0.1, 0.15) is 5.75 Å². The van der Waals surface area contributed by atoms with E-state index in [0.717, 1.165) is 30.2 Å². The number of para-hydroxylation sites is 1. The van der Waals surface area contributed by atoms with Crippen LogP contribution in [0.15, 0.2) is 46.8 Å². The number of anilines is 1. The molecule has 0 amide bonds. The Kier molecular flexibility index (Phi) is 4.07. The summed E-state index contributed by atoms with van der Waals surface area (Å²) in [5, 5.41) is 3.38. The molecule has 2 aromatic rings. The highest BCUT2D eigenvalue weighted by Gasteiger charge is 2.12. The van der Waals surface area contributed by atoms with Crippen LogP contribution in [0.5, 0.6) is 5.75 Å². The Morgan fingerprint density at radius 3 is 2.86 bits per heavy atom. The predicted octanol–water partition coefficient (Wildman–Crippen LogP) is 3.59. The summed E-state index contributed by atoms with van der Waals surface area (Å²) in [6.45, 7) is 1.48. The Labute approximate surface area is 131 Å². The number of hydrogen-bond donors (Lipinski definition) is 1. The van der Waals surface area contributed by atoms with Crippen molar-refractivity contribution in [3.8, 4) is 5.75 Å². The van der Waals surface area contributed by atoms with E-state index in [0.29, 0.717) is 6.54 Å². The van der Waals surface area contributed by atoms with Gasteiger partial charge in [-0.15, -0.1) is 0 Å². The first-order valence-electron chi connectivity index (χ1n) is 7.26. The quantitative estimate of drug-likeness (QED) is 0.938. The lowest BCUT2D eigenvalue weighted by molar-refractivity contribution is 0.357. The van der Waals surface area contributed by atoms with E-state index >= 15 is 0 Å². The van der Waals surface area contributed by atoms with E-state index in [1.54, 1.807) is 12.5 Å². The second-order valence-electron chi connectivity index (χ2n) is 5.68. The normalized spacial score (nSPS) is 13.4. The van der Waals surface area contributed by atoms with E-state index in [1.165, 1.54) is 11.1 Å². The Balaban J connectivity index is 1.78. The second kappa shape index (κ2) is 6.01. The molecule has 0 aliphatic carbocycles. The van der Waals surface area contributed by atoms with Gasteiger partial charge < -0.3 is 10.1 Å². The third-order valence-corrected chi connectivity index (χ3v) is 4.10. The molecule has 0 saturated carbocycles. The molecule has 0 aromatic heterocycles. The average Bonchev–Trinajstić information content (AvgIpc) is 2.92. The molecule has 0 spiro atoms. The fourth-order valence-corrected chi connectivity index (χ4v) is 3.12. The number of rotatable bonds is 4. The molecule has 0 radical (unpaired) electrons. The SMILES string of the molecule is CS(C)(=O)=Nc1ccccc1NCc1ccc2c(c1)CCO2. The van der Waals surface area contributed by atoms with Crippen molar-refractivity contribution < 1.29 is 8.95 Å². The van der Waals surface area contributed by atoms with E-state index < -0.39 is 9.73 Å². The molecule has 4 nitrogen and oxygen atoms in total. The first kappa shape index (κ1) is 14.9. The highest BCUT2D eigenvalue weighted by molar-refractivity contribution is 7.92. The van der Waals surface area contributed by atoms with Gasteiger partial charge in [0.15, 0.2) is 0 Å². The minimum atomic E-state index is -2.17. The summed E-state index contributed by atoms with van der Waals surface area (Å²) in [6, 6.07) is 14.0. The van der Waals surface area contributed by atoms with E-state index in [9.17, 15) is 4.21 Å². The zero-order valence-corrected chi connectivity index (χ0v) is 13.7. The molecular formula is C17H20N2O2S. The highest BCUT2D eigenvalue weighted by Crippen LogP contribution is 2.28. The van der Waals surface area contributed by atoms with Crippen LogP contribution in [0.4, 0.5) is 11.4 Å². The lowest BCUT2D eigenvalue weighted by Crippen LogP contribution is -2.00. The largest absolute Gasteiger partial charge is 0.493 e. The molecule has 1 N–H and O–H groups in total. The summed E-state index contributed by atoms with van der Waals surface area (Å²) in [5.41, 5.74) is 4.10. The molecule has 116 valence electrons. The molecule has 1 aliphatic heterocycles. The molecule has 0 atom stereocenters. The molecule has 0 fully saturated rings. The summed E-state index contributed by atoms with van der Waals surface area (Å²) in [4.78, 5) is 0. The van der Waals surface area contributed by atoms with Crippen molar-refractivity contribution in [3.05, 3.63) is 53.6 Å². The van der Waals surface area contributed by atoms with Gasteiger partial charge in [0.05, 0.1) is 18.0 Å². The van der Waals surface area contributed by atoms with Gasteiger partial charge in [-0.25, -0.2) is 4.21 Å². The van der Waals surface area contributed by atoms with E-state index in [1.807, 2.05) is 30.3 Å². The van der Waals surface area contributed by atoms with Crippen LogP contribution < -0.4 is 10.1 Å². The number of hydrogen-bond acceptors (Lipinski definition) is 4. The van der Waals surface area contributed by atoms with Crippen molar-refractivity contribution in [1.82, 2.24) is 0 Å². The Hall–Kier alpha value is -2.01. The monoisotopic (exact) mass is 316 g/mol. The van der Waals surface area contributed by atoms with Crippen molar-refractivity contribution in [2.45, 2.75) is 13.0 Å². The van der Waals surface area contributed by atoms with Gasteiger partial charge in [-0.2, -0.15) is 4.36 Å². The summed E-state index contributed by atoms with van der Waals surface area (Å²) < 4.78 is 21.7. The van der Waals surface area contributed by atoms with Gasteiger partial charge in [-0.1, -0.05) is 24.3 Å². The second-order valence-corrected chi connectivity index (χ2v) is 8.23. The van der Waals surface area contributed by atoms with Crippen LogP contribution in [0.1, 0.15) is 11.1 Å². The third-order valence-electron chi connectivity index (χ3n) is 3.46. The lowest BCUT2D eigenvalue weighted by atomic mass is 10.1. The van der Waals surface area contributed by atoms with Gasteiger partial charge in [-0.05, 0) is 29.3 Å². The first-order valence-corrected chi connectivity index (χ1v) is 9.59. The number of nitrogens with one attached hydrogen (secondary N) is 1. The summed E-state index contributed by atoms with van der Waals surface area (Å²) >= 11 is 0. The standard InChI is InChI=1S/C17H20N2O2S/c1-22(2,20)19-16-6-4-3-5-15(16)18-12-13-7-8-17-14(11-13)9-10-21-17/h3-8,11,18H,9-10,12H2,1-2H3. The molecule has 0 bridgehead atoms. The van der Waals surface area contributed by atoms with Crippen LogP contribution in [0.25, 0.3) is 0 Å². The molecule has 0 saturated heterocycles. The van der Waals surface area contributed by atoms with Crippen molar-refractivity contribution in [2.75, 3.05) is 24.4 Å². The number of ether oxygens (including phenoxy) is 1. The molecule has 2 aromatic carbocycles. The zero-order valence-electron chi connectivity index (χ0n) is 12.8. The van der Waals surface area contributed by atoms with Crippen molar-refractivity contribution in [2.24, 2.45) is 4.36 Å². The maximum atomic E-state index is 11.9. The Morgan fingerprint density at radius 2 is 2.05 bits per heavy atom. The molecule has 5 heteroatoms. The zero-order chi connectivity index (χ0) is 15.6. The summed E-state index contributed by atoms with van der Waals surface area (Å²) in [6.07, 6.45) is 4.26. The van der Waals surface area contributed by atoms with Crippen LogP contribution in [0, 0.1) is 0 Å². The van der Waals surface area contributed by atoms with E-state index in [2.05, 4.69) is 21.8 Å². The Bertz CT molecular complexity index is 800. The highest BCUT2D eigenvalue weighted by atomic mass is 32.2. The smallest absolute Gasteiger partial charge is 0.122 e. The Morgan fingerprint density at radius 1 is 1.23 bits per heavy atom. The van der Waals surface area contributed by atoms with Crippen LogP contribution in [-0.2, 0) is 22.7 Å². The lowest BCUT2D eigenvalue weighted by Gasteiger charge is -2.10. The van der Waals surface area contributed by atoms with Gasteiger partial charge in [-0.3, -0.25) is 0 Å². The van der Waals surface area contributed by atoms with Gasteiger partial charge >= 0.3 is 0 Å². The fraction of sp³-hybridized carbons (Fsp3) is 0.294. The van der Waals surface area contributed by atoms with Crippen LogP contribution in [-0.4, -0.2) is 23.3 Å². The summed E-state index contributed by atoms with van der Waals surface area (Å²) in [7, 11) is -2.17. The number of benzene rings is 2. The summed E-state index contributed by atoms with van der Waals surface area (Å²) in [5.74, 6) is 0.996. The van der Waals surface area contributed by atoms with Crippen LogP contribution in [0.3, 0.4) is 0 Å². The van der Waals surface area contributed by atoms with Gasteiger partial charge in [0.25, 0.3) is 0 Å². The first-order chi connectivity index (χ1) is 10.5. The van der Waals surface area contributed by atoms with Gasteiger partial charge in [0.2, 0.25) is 0 Å². The maximum Gasteiger partial charge on any atom is 0.122 e. The molecular weight excluding hydrogens is 296 g/mol. The third kappa shape index (κ3) is 3.60. The molecule has 3 rings (SSSR count). The van der Waals surface area contributed by atoms with Crippen molar-refractivity contribution >= 4 is 21.1 Å². The predicted molar refractivity (Wildman–Crippen MR) is 91.5 cm³/mol. The fourth-order valence-electron chi connectivity index (χ4n) is 2.49. The maximum absolute atomic E-state index is 11.9. The number of fused-ring (bicyclic) bond motifs is 1. The topological polar surface area (TPSA) is 50.7 Å². The van der Waals surface area contributed by atoms with E-state index in [4.69, 9.17) is 4.74 Å². The number of nitrogens with zero attached hydrogens (tertiary/aromatic N) is 1. The minimum Gasteiger partial charge on any atom is -0.493 e. The molecule has 1 aliphatic rings. The van der Waals surface area contributed by atoms with Gasteiger partial charge in [0, 0.05) is 35.2 Å². The van der Waals surface area contributed by atoms with Crippen LogP contribution >= 0.6 is 0 Å². The van der Waals surface area contributed by atoms with Crippen molar-refractivity contribution in [3.63, 3.8) is 0 Å². The van der Waals surface area contributed by atoms with Crippen LogP contribution in [0.2, 0.25) is 0 Å².